The zero-order chi connectivity index (χ0) is 17.0. The van der Waals surface area contributed by atoms with E-state index < -0.39 is 30.0 Å². The van der Waals surface area contributed by atoms with Crippen molar-refractivity contribution in [3.8, 4) is 0 Å². The van der Waals surface area contributed by atoms with Crippen LogP contribution < -0.4 is 5.32 Å². The second kappa shape index (κ2) is 6.55. The van der Waals surface area contributed by atoms with Crippen LogP contribution in [0.2, 0.25) is 0 Å². The predicted octanol–water partition coefficient (Wildman–Crippen LogP) is 2.86. The number of halogens is 3. The number of aromatic carboxylic acids is 1. The molecule has 0 aliphatic heterocycles. The first kappa shape index (κ1) is 16.6. The second-order valence-electron chi connectivity index (χ2n) is 4.68. The van der Waals surface area contributed by atoms with Crippen molar-refractivity contribution in [2.75, 3.05) is 0 Å². The molecule has 5 nitrogen and oxygen atoms in total. The van der Waals surface area contributed by atoms with E-state index in [0.29, 0.717) is 0 Å². The molecule has 23 heavy (non-hydrogen) atoms. The van der Waals surface area contributed by atoms with Crippen LogP contribution in [0, 0.1) is 0 Å². The molecule has 0 radical (unpaired) electrons. The van der Waals surface area contributed by atoms with Crippen molar-refractivity contribution in [3.63, 3.8) is 0 Å². The second-order valence-corrected chi connectivity index (χ2v) is 4.68. The number of carbonyl (C=O) groups excluding carboxylic acids is 1. The molecule has 1 heterocycles. The lowest BCUT2D eigenvalue weighted by molar-refractivity contribution is -0.138. The van der Waals surface area contributed by atoms with Crippen molar-refractivity contribution in [3.05, 3.63) is 59.0 Å². The van der Waals surface area contributed by atoms with E-state index in [1.165, 1.54) is 30.3 Å². The molecule has 0 unspecified atom stereocenters. The molecule has 0 aliphatic carbocycles. The maximum Gasteiger partial charge on any atom is 0.416 e. The van der Waals surface area contributed by atoms with Crippen LogP contribution in [0.1, 0.15) is 27.4 Å². The molecule has 122 valence electrons. The summed E-state index contributed by atoms with van der Waals surface area (Å²) in [6.45, 7) is -0.111. The first-order valence-corrected chi connectivity index (χ1v) is 6.51. The number of alkyl halides is 3. The molecule has 1 aromatic carbocycles. The highest BCUT2D eigenvalue weighted by molar-refractivity contribution is 5.84. The van der Waals surface area contributed by atoms with E-state index in [4.69, 9.17) is 9.52 Å². The number of furan rings is 1. The van der Waals surface area contributed by atoms with Crippen molar-refractivity contribution in [2.45, 2.75) is 19.1 Å². The third-order valence-electron chi connectivity index (χ3n) is 3.01. The number of benzene rings is 1. The Morgan fingerprint density at radius 1 is 1.13 bits per heavy atom. The molecule has 0 saturated heterocycles. The van der Waals surface area contributed by atoms with Gasteiger partial charge in [-0.25, -0.2) is 4.79 Å². The van der Waals surface area contributed by atoms with Crippen molar-refractivity contribution in [2.24, 2.45) is 0 Å². The van der Waals surface area contributed by atoms with Crippen molar-refractivity contribution in [1.82, 2.24) is 5.32 Å². The molecule has 0 spiro atoms. The zero-order valence-electron chi connectivity index (χ0n) is 11.7. The minimum Gasteiger partial charge on any atom is -0.475 e. The highest BCUT2D eigenvalue weighted by Gasteiger charge is 2.33. The van der Waals surface area contributed by atoms with Crippen molar-refractivity contribution in [1.29, 1.82) is 0 Å². The fourth-order valence-electron chi connectivity index (χ4n) is 1.96. The van der Waals surface area contributed by atoms with Crippen LogP contribution in [-0.2, 0) is 23.9 Å². The van der Waals surface area contributed by atoms with Crippen LogP contribution in [0.4, 0.5) is 13.2 Å². The average Bonchev–Trinajstić information content (AvgIpc) is 2.94. The van der Waals surface area contributed by atoms with Crippen molar-refractivity contribution >= 4 is 11.9 Å². The van der Waals surface area contributed by atoms with Crippen LogP contribution in [0.3, 0.4) is 0 Å². The van der Waals surface area contributed by atoms with E-state index in [0.717, 1.165) is 6.07 Å². The lowest BCUT2D eigenvalue weighted by atomic mass is 10.0. The highest BCUT2D eigenvalue weighted by Crippen LogP contribution is 2.31. The van der Waals surface area contributed by atoms with E-state index in [9.17, 15) is 22.8 Å². The predicted molar refractivity (Wildman–Crippen MR) is 72.7 cm³/mol. The van der Waals surface area contributed by atoms with E-state index in [1.807, 2.05) is 0 Å². The Morgan fingerprint density at radius 3 is 2.43 bits per heavy atom. The van der Waals surface area contributed by atoms with E-state index in [1.54, 1.807) is 0 Å². The van der Waals surface area contributed by atoms with E-state index in [-0.39, 0.29) is 23.6 Å². The van der Waals surface area contributed by atoms with Gasteiger partial charge in [0.25, 0.3) is 0 Å². The number of carboxylic acid groups (broad SMARTS) is 1. The minimum absolute atomic E-state index is 0.111. The molecule has 1 amide bonds. The molecule has 2 aromatic rings. The standard InChI is InChI=1S/C15H12F3NO4/c16-15(17,18)11-4-2-1-3-9(11)7-13(20)19-8-10-5-6-12(23-10)14(21)22/h1-6H,7-8H2,(H,19,20)(H,21,22). The van der Waals surface area contributed by atoms with Gasteiger partial charge in [0.15, 0.2) is 0 Å². The minimum atomic E-state index is -4.53. The number of nitrogens with one attached hydrogen (secondary N) is 1. The normalized spacial score (nSPS) is 11.3. The summed E-state index contributed by atoms with van der Waals surface area (Å²) in [5, 5.41) is 11.1. The van der Waals surface area contributed by atoms with Crippen LogP contribution >= 0.6 is 0 Å². The van der Waals surface area contributed by atoms with Crippen LogP contribution in [0.25, 0.3) is 0 Å². The van der Waals surface area contributed by atoms with Gasteiger partial charge in [-0.2, -0.15) is 13.2 Å². The maximum absolute atomic E-state index is 12.8. The first-order chi connectivity index (χ1) is 10.8. The van der Waals surface area contributed by atoms with Gasteiger partial charge in [-0.3, -0.25) is 4.79 Å². The summed E-state index contributed by atoms with van der Waals surface area (Å²) in [4.78, 5) is 22.4. The summed E-state index contributed by atoms with van der Waals surface area (Å²) >= 11 is 0. The molecule has 2 rings (SSSR count). The van der Waals surface area contributed by atoms with Gasteiger partial charge in [-0.1, -0.05) is 18.2 Å². The molecule has 0 aliphatic rings. The summed E-state index contributed by atoms with van der Waals surface area (Å²) in [5.74, 6) is -1.96. The maximum atomic E-state index is 12.8. The van der Waals surface area contributed by atoms with E-state index >= 15 is 0 Å². The number of hydrogen-bond donors (Lipinski definition) is 2. The number of carbonyl (C=O) groups is 2. The number of amides is 1. The molecular weight excluding hydrogens is 315 g/mol. The molecular formula is C15H12F3NO4. The first-order valence-electron chi connectivity index (χ1n) is 6.51. The third-order valence-corrected chi connectivity index (χ3v) is 3.01. The van der Waals surface area contributed by atoms with Gasteiger partial charge in [0, 0.05) is 0 Å². The third kappa shape index (κ3) is 4.35. The van der Waals surface area contributed by atoms with Gasteiger partial charge in [0.1, 0.15) is 5.76 Å². The molecule has 1 aromatic heterocycles. The quantitative estimate of drug-likeness (QED) is 0.885. The smallest absolute Gasteiger partial charge is 0.416 e. The lowest BCUT2D eigenvalue weighted by Crippen LogP contribution is -2.25. The Labute approximate surface area is 128 Å². The fraction of sp³-hybridized carbons (Fsp3) is 0.200. The Balaban J connectivity index is 1.99. The highest BCUT2D eigenvalue weighted by atomic mass is 19.4. The number of hydrogen-bond acceptors (Lipinski definition) is 3. The number of carboxylic acids is 1. The SMILES string of the molecule is O=C(Cc1ccccc1C(F)(F)F)NCc1ccc(C(=O)O)o1. The van der Waals surface area contributed by atoms with Gasteiger partial charge < -0.3 is 14.8 Å². The van der Waals surface area contributed by atoms with Gasteiger partial charge in [-0.15, -0.1) is 0 Å². The largest absolute Gasteiger partial charge is 0.475 e. The summed E-state index contributed by atoms with van der Waals surface area (Å²) in [6, 6.07) is 7.41. The van der Waals surface area contributed by atoms with Crippen LogP contribution in [-0.4, -0.2) is 17.0 Å². The molecule has 0 saturated carbocycles. The molecule has 8 heteroatoms. The lowest BCUT2D eigenvalue weighted by Gasteiger charge is -2.12. The summed E-state index contributed by atoms with van der Waals surface area (Å²) < 4.78 is 43.4. The Morgan fingerprint density at radius 2 is 1.83 bits per heavy atom. The Kier molecular flexibility index (Phi) is 4.73. The van der Waals surface area contributed by atoms with Crippen LogP contribution in [0.5, 0.6) is 0 Å². The van der Waals surface area contributed by atoms with Gasteiger partial charge >= 0.3 is 12.1 Å². The molecule has 0 bridgehead atoms. The molecule has 0 fully saturated rings. The Bertz CT molecular complexity index is 722. The molecule has 2 N–H and O–H groups in total. The zero-order valence-corrected chi connectivity index (χ0v) is 11.7. The van der Waals surface area contributed by atoms with Crippen molar-refractivity contribution < 1.29 is 32.3 Å². The Hall–Kier alpha value is -2.77. The topological polar surface area (TPSA) is 79.5 Å². The van der Waals surface area contributed by atoms with Gasteiger partial charge in [-0.05, 0) is 23.8 Å². The monoisotopic (exact) mass is 327 g/mol. The van der Waals surface area contributed by atoms with Crippen LogP contribution in [0.15, 0.2) is 40.8 Å². The van der Waals surface area contributed by atoms with Gasteiger partial charge in [0.2, 0.25) is 11.7 Å². The summed E-state index contributed by atoms with van der Waals surface area (Å²) in [5.41, 5.74) is -0.996. The molecule has 0 atom stereocenters. The number of rotatable bonds is 5. The van der Waals surface area contributed by atoms with Gasteiger partial charge in [0.05, 0.1) is 18.5 Å². The summed E-state index contributed by atoms with van der Waals surface area (Å²) in [7, 11) is 0. The average molecular weight is 327 g/mol. The van der Waals surface area contributed by atoms with E-state index in [2.05, 4.69) is 5.32 Å². The summed E-state index contributed by atoms with van der Waals surface area (Å²) in [6.07, 6.45) is -4.98. The fourth-order valence-corrected chi connectivity index (χ4v) is 1.96.